The molecule has 0 radical (unpaired) electrons. The highest BCUT2D eigenvalue weighted by molar-refractivity contribution is 6.00. The summed E-state index contributed by atoms with van der Waals surface area (Å²) in [5.74, 6) is -0.318. The standard InChI is InChI=1S/C25H32N4O5/c1-16-14-34-15-17(2)29(16)22-9-6-19(25(32)27-11-10-23(26)30)13-21(22)28-24(31)12-18-4-7-20(33-3)8-5-18/h4-9,13,16-17H,10-12,14-15H2,1-3H3,(H2,26,30)(H,27,32)(H,28,31). The number of morpholine rings is 1. The van der Waals surface area contributed by atoms with Crippen LogP contribution in [0.15, 0.2) is 42.5 Å². The van der Waals surface area contributed by atoms with Crippen LogP contribution in [0.5, 0.6) is 5.75 Å². The number of benzene rings is 2. The first-order valence-electron chi connectivity index (χ1n) is 11.3. The normalized spacial score (nSPS) is 17.7. The van der Waals surface area contributed by atoms with Gasteiger partial charge in [-0.15, -0.1) is 0 Å². The average molecular weight is 469 g/mol. The predicted octanol–water partition coefficient (Wildman–Crippen LogP) is 2.10. The number of primary amides is 1. The lowest BCUT2D eigenvalue weighted by Gasteiger charge is -2.41. The SMILES string of the molecule is COc1ccc(CC(=O)Nc2cc(C(=O)NCCC(N)=O)ccc2N2C(C)COCC2C)cc1. The van der Waals surface area contributed by atoms with Crippen molar-refractivity contribution >= 4 is 29.1 Å². The lowest BCUT2D eigenvalue weighted by Crippen LogP contribution is -2.50. The third-order valence-corrected chi connectivity index (χ3v) is 5.66. The fourth-order valence-corrected chi connectivity index (χ4v) is 4.01. The van der Waals surface area contributed by atoms with Crippen LogP contribution in [-0.2, 0) is 20.7 Å². The molecule has 1 saturated heterocycles. The van der Waals surface area contributed by atoms with Gasteiger partial charge in [0, 0.05) is 30.6 Å². The van der Waals surface area contributed by atoms with E-state index in [1.807, 2.05) is 30.3 Å². The van der Waals surface area contributed by atoms with Crippen molar-refractivity contribution in [2.24, 2.45) is 5.73 Å². The van der Waals surface area contributed by atoms with Crippen molar-refractivity contribution in [1.29, 1.82) is 0 Å². The maximum absolute atomic E-state index is 12.9. The van der Waals surface area contributed by atoms with Gasteiger partial charge in [0.1, 0.15) is 5.75 Å². The van der Waals surface area contributed by atoms with Crippen LogP contribution in [0, 0.1) is 0 Å². The molecule has 2 aromatic carbocycles. The average Bonchev–Trinajstić information content (AvgIpc) is 2.80. The van der Waals surface area contributed by atoms with E-state index >= 15 is 0 Å². The summed E-state index contributed by atoms with van der Waals surface area (Å²) in [5, 5.41) is 5.67. The fraction of sp³-hybridized carbons (Fsp3) is 0.400. The smallest absolute Gasteiger partial charge is 0.251 e. The zero-order valence-electron chi connectivity index (χ0n) is 19.8. The highest BCUT2D eigenvalue weighted by Gasteiger charge is 2.28. The Morgan fingerprint density at radius 2 is 1.76 bits per heavy atom. The molecule has 0 aromatic heterocycles. The number of nitrogens with two attached hydrogens (primary N) is 1. The second-order valence-electron chi connectivity index (χ2n) is 8.42. The molecule has 1 heterocycles. The van der Waals surface area contributed by atoms with Crippen molar-refractivity contribution < 1.29 is 23.9 Å². The van der Waals surface area contributed by atoms with Gasteiger partial charge in [0.2, 0.25) is 11.8 Å². The number of ether oxygens (including phenoxy) is 2. The summed E-state index contributed by atoms with van der Waals surface area (Å²) in [4.78, 5) is 38.7. The number of anilines is 2. The van der Waals surface area contributed by atoms with E-state index in [2.05, 4.69) is 29.4 Å². The minimum atomic E-state index is -0.488. The van der Waals surface area contributed by atoms with Crippen LogP contribution in [0.2, 0.25) is 0 Å². The molecule has 0 spiro atoms. The summed E-state index contributed by atoms with van der Waals surface area (Å²) in [7, 11) is 1.59. The number of rotatable bonds is 9. The lowest BCUT2D eigenvalue weighted by atomic mass is 10.1. The molecule has 1 aliphatic heterocycles. The van der Waals surface area contributed by atoms with Gasteiger partial charge in [-0.25, -0.2) is 0 Å². The van der Waals surface area contributed by atoms with Crippen molar-refractivity contribution in [3.05, 3.63) is 53.6 Å². The molecule has 2 aromatic rings. The van der Waals surface area contributed by atoms with Crippen molar-refractivity contribution in [1.82, 2.24) is 5.32 Å². The van der Waals surface area contributed by atoms with Gasteiger partial charge >= 0.3 is 0 Å². The zero-order chi connectivity index (χ0) is 24.7. The number of amides is 3. The van der Waals surface area contributed by atoms with Gasteiger partial charge in [-0.3, -0.25) is 14.4 Å². The summed E-state index contributed by atoms with van der Waals surface area (Å²) in [5.41, 5.74) is 7.72. The van der Waals surface area contributed by atoms with Crippen molar-refractivity contribution in [3.63, 3.8) is 0 Å². The minimum absolute atomic E-state index is 0.0537. The van der Waals surface area contributed by atoms with Crippen LogP contribution in [0.1, 0.15) is 36.2 Å². The summed E-state index contributed by atoms with van der Waals surface area (Å²) >= 11 is 0. The van der Waals surface area contributed by atoms with Gasteiger partial charge in [-0.2, -0.15) is 0 Å². The molecule has 182 valence electrons. The summed E-state index contributed by atoms with van der Waals surface area (Å²) in [6.45, 7) is 5.40. The van der Waals surface area contributed by atoms with Crippen LogP contribution in [0.3, 0.4) is 0 Å². The molecule has 2 atom stereocenters. The number of methoxy groups -OCH3 is 1. The van der Waals surface area contributed by atoms with Gasteiger partial charge in [0.15, 0.2) is 0 Å². The van der Waals surface area contributed by atoms with E-state index in [0.29, 0.717) is 24.5 Å². The molecule has 34 heavy (non-hydrogen) atoms. The second kappa shape index (κ2) is 11.5. The molecule has 1 aliphatic rings. The van der Waals surface area contributed by atoms with Crippen LogP contribution in [0.25, 0.3) is 0 Å². The topological polar surface area (TPSA) is 123 Å². The molecule has 1 fully saturated rings. The van der Waals surface area contributed by atoms with E-state index < -0.39 is 5.91 Å². The number of carbonyl (C=O) groups excluding carboxylic acids is 3. The fourth-order valence-electron chi connectivity index (χ4n) is 4.01. The predicted molar refractivity (Wildman–Crippen MR) is 130 cm³/mol. The minimum Gasteiger partial charge on any atom is -0.497 e. The first-order chi connectivity index (χ1) is 16.3. The quantitative estimate of drug-likeness (QED) is 0.518. The van der Waals surface area contributed by atoms with Crippen LogP contribution < -0.4 is 26.0 Å². The summed E-state index contributed by atoms with van der Waals surface area (Å²) in [6.07, 6.45) is 0.227. The van der Waals surface area contributed by atoms with Crippen molar-refractivity contribution in [2.75, 3.05) is 37.1 Å². The number of nitrogens with one attached hydrogen (secondary N) is 2. The van der Waals surface area contributed by atoms with Crippen molar-refractivity contribution in [2.45, 2.75) is 38.8 Å². The second-order valence-corrected chi connectivity index (χ2v) is 8.42. The first-order valence-corrected chi connectivity index (χ1v) is 11.3. The Labute approximate surface area is 199 Å². The number of hydrogen-bond donors (Lipinski definition) is 3. The molecule has 2 unspecified atom stereocenters. The molecule has 0 saturated carbocycles. The van der Waals surface area contributed by atoms with E-state index in [0.717, 1.165) is 17.0 Å². The van der Waals surface area contributed by atoms with E-state index in [-0.39, 0.29) is 43.3 Å². The van der Waals surface area contributed by atoms with E-state index in [1.54, 1.807) is 19.2 Å². The van der Waals surface area contributed by atoms with E-state index in [1.165, 1.54) is 0 Å². The van der Waals surface area contributed by atoms with Crippen LogP contribution in [0.4, 0.5) is 11.4 Å². The molecule has 0 aliphatic carbocycles. The van der Waals surface area contributed by atoms with Crippen LogP contribution in [-0.4, -0.2) is 56.7 Å². The van der Waals surface area contributed by atoms with Gasteiger partial charge in [-0.1, -0.05) is 12.1 Å². The monoisotopic (exact) mass is 468 g/mol. The Kier molecular flexibility index (Phi) is 8.48. The Bertz CT molecular complexity index is 1010. The summed E-state index contributed by atoms with van der Waals surface area (Å²) < 4.78 is 10.8. The highest BCUT2D eigenvalue weighted by atomic mass is 16.5. The van der Waals surface area contributed by atoms with E-state index in [4.69, 9.17) is 15.2 Å². The first kappa shape index (κ1) is 25.0. The molecule has 0 bridgehead atoms. The number of carbonyl (C=O) groups is 3. The van der Waals surface area contributed by atoms with Gasteiger partial charge < -0.3 is 30.7 Å². The summed E-state index contributed by atoms with van der Waals surface area (Å²) in [6, 6.07) is 12.7. The Morgan fingerprint density at radius 1 is 1.09 bits per heavy atom. The molecule has 4 N–H and O–H groups in total. The van der Waals surface area contributed by atoms with Crippen molar-refractivity contribution in [3.8, 4) is 5.75 Å². The maximum atomic E-state index is 12.9. The maximum Gasteiger partial charge on any atom is 0.251 e. The van der Waals surface area contributed by atoms with E-state index in [9.17, 15) is 14.4 Å². The Morgan fingerprint density at radius 3 is 2.38 bits per heavy atom. The molecule has 9 nitrogen and oxygen atoms in total. The zero-order valence-corrected chi connectivity index (χ0v) is 19.8. The van der Waals surface area contributed by atoms with Gasteiger partial charge in [0.25, 0.3) is 5.91 Å². The number of hydrogen-bond acceptors (Lipinski definition) is 6. The molecular weight excluding hydrogens is 436 g/mol. The molecule has 9 heteroatoms. The Hall–Kier alpha value is -3.59. The third-order valence-electron chi connectivity index (χ3n) is 5.66. The largest absolute Gasteiger partial charge is 0.497 e. The Balaban J connectivity index is 1.84. The number of nitrogens with zero attached hydrogens (tertiary/aromatic N) is 1. The van der Waals surface area contributed by atoms with Crippen LogP contribution >= 0.6 is 0 Å². The molecular formula is C25H32N4O5. The van der Waals surface area contributed by atoms with Gasteiger partial charge in [0.05, 0.1) is 38.1 Å². The highest BCUT2D eigenvalue weighted by Crippen LogP contribution is 2.32. The van der Waals surface area contributed by atoms with Gasteiger partial charge in [-0.05, 0) is 49.7 Å². The molecule has 3 rings (SSSR count). The third kappa shape index (κ3) is 6.48. The lowest BCUT2D eigenvalue weighted by molar-refractivity contribution is -0.118. The molecule has 3 amide bonds.